The highest BCUT2D eigenvalue weighted by molar-refractivity contribution is 5.28. The van der Waals surface area contributed by atoms with Crippen molar-refractivity contribution in [3.05, 3.63) is 35.7 Å². The SMILES string of the molecule is CCc1ccc(OCc2nc(N)nc(N)n2)cc1. The number of hydrogen-bond acceptors (Lipinski definition) is 6. The normalized spacial score (nSPS) is 10.3. The minimum atomic E-state index is 0.0995. The molecule has 0 aliphatic carbocycles. The fourth-order valence-corrected chi connectivity index (χ4v) is 1.49. The highest BCUT2D eigenvalue weighted by Gasteiger charge is 2.03. The maximum atomic E-state index is 5.54. The average Bonchev–Trinajstić information content (AvgIpc) is 2.36. The van der Waals surface area contributed by atoms with E-state index >= 15 is 0 Å². The third kappa shape index (κ3) is 3.07. The van der Waals surface area contributed by atoms with Crippen molar-refractivity contribution in [2.75, 3.05) is 11.5 Å². The van der Waals surface area contributed by atoms with E-state index in [1.165, 1.54) is 5.56 Å². The first-order valence-electron chi connectivity index (χ1n) is 5.65. The number of anilines is 2. The van der Waals surface area contributed by atoms with E-state index in [1.54, 1.807) is 0 Å². The quantitative estimate of drug-likeness (QED) is 0.838. The number of ether oxygens (including phenoxy) is 1. The maximum Gasteiger partial charge on any atom is 0.225 e. The first-order valence-corrected chi connectivity index (χ1v) is 5.65. The van der Waals surface area contributed by atoms with Crippen LogP contribution in [-0.4, -0.2) is 15.0 Å². The molecule has 1 heterocycles. The molecule has 0 spiro atoms. The van der Waals surface area contributed by atoms with Crippen molar-refractivity contribution in [1.29, 1.82) is 0 Å². The first-order chi connectivity index (χ1) is 8.67. The van der Waals surface area contributed by atoms with Gasteiger partial charge in [-0.25, -0.2) is 0 Å². The third-order valence-electron chi connectivity index (χ3n) is 2.42. The molecule has 6 nitrogen and oxygen atoms in total. The maximum absolute atomic E-state index is 5.54. The van der Waals surface area contributed by atoms with Gasteiger partial charge in [-0.3, -0.25) is 0 Å². The van der Waals surface area contributed by atoms with Crippen LogP contribution < -0.4 is 16.2 Å². The van der Waals surface area contributed by atoms with Crippen LogP contribution in [0.4, 0.5) is 11.9 Å². The summed E-state index contributed by atoms with van der Waals surface area (Å²) in [5.41, 5.74) is 12.2. The van der Waals surface area contributed by atoms with Crippen LogP contribution in [-0.2, 0) is 13.0 Å². The second-order valence-corrected chi connectivity index (χ2v) is 3.75. The summed E-state index contributed by atoms with van der Waals surface area (Å²) < 4.78 is 5.54. The van der Waals surface area contributed by atoms with Gasteiger partial charge in [0.1, 0.15) is 12.4 Å². The van der Waals surface area contributed by atoms with Crippen LogP contribution in [0.15, 0.2) is 24.3 Å². The molecule has 2 rings (SSSR count). The lowest BCUT2D eigenvalue weighted by atomic mass is 10.2. The zero-order chi connectivity index (χ0) is 13.0. The molecule has 1 aromatic carbocycles. The van der Waals surface area contributed by atoms with Gasteiger partial charge in [0.05, 0.1) is 0 Å². The highest BCUT2D eigenvalue weighted by atomic mass is 16.5. The van der Waals surface area contributed by atoms with Gasteiger partial charge in [-0.1, -0.05) is 19.1 Å². The van der Waals surface area contributed by atoms with Crippen LogP contribution in [0.2, 0.25) is 0 Å². The van der Waals surface area contributed by atoms with Gasteiger partial charge in [0, 0.05) is 0 Å². The molecular weight excluding hydrogens is 230 g/mol. The monoisotopic (exact) mass is 245 g/mol. The summed E-state index contributed by atoms with van der Waals surface area (Å²) in [5, 5.41) is 0. The van der Waals surface area contributed by atoms with E-state index in [4.69, 9.17) is 16.2 Å². The molecule has 0 fully saturated rings. The summed E-state index contributed by atoms with van der Waals surface area (Å²) in [7, 11) is 0. The Hall–Kier alpha value is -2.37. The van der Waals surface area contributed by atoms with E-state index in [0.717, 1.165) is 12.2 Å². The molecule has 0 aliphatic rings. The summed E-state index contributed by atoms with van der Waals surface area (Å²) in [6, 6.07) is 7.86. The molecule has 6 heteroatoms. The zero-order valence-electron chi connectivity index (χ0n) is 10.1. The van der Waals surface area contributed by atoms with Crippen molar-refractivity contribution in [2.45, 2.75) is 20.0 Å². The van der Waals surface area contributed by atoms with Crippen LogP contribution in [0.25, 0.3) is 0 Å². The van der Waals surface area contributed by atoms with Crippen LogP contribution in [0.1, 0.15) is 18.3 Å². The van der Waals surface area contributed by atoms with Crippen LogP contribution in [0.5, 0.6) is 5.75 Å². The van der Waals surface area contributed by atoms with E-state index in [-0.39, 0.29) is 18.5 Å². The lowest BCUT2D eigenvalue weighted by Crippen LogP contribution is -2.09. The number of hydrogen-bond donors (Lipinski definition) is 2. The molecule has 0 bridgehead atoms. The average molecular weight is 245 g/mol. The Balaban J connectivity index is 2.01. The molecule has 18 heavy (non-hydrogen) atoms. The summed E-state index contributed by atoms with van der Waals surface area (Å²) >= 11 is 0. The van der Waals surface area contributed by atoms with Gasteiger partial charge >= 0.3 is 0 Å². The van der Waals surface area contributed by atoms with Gasteiger partial charge in [0.15, 0.2) is 5.82 Å². The standard InChI is InChI=1S/C12H15N5O/c1-2-8-3-5-9(6-4-8)18-7-10-15-11(13)17-12(14)16-10/h3-6H,2,7H2,1H3,(H4,13,14,15,16,17). The number of aromatic nitrogens is 3. The number of benzene rings is 1. The Bertz CT molecular complexity index is 506. The van der Waals surface area contributed by atoms with Gasteiger partial charge in [-0.2, -0.15) is 15.0 Å². The van der Waals surface area contributed by atoms with E-state index in [9.17, 15) is 0 Å². The Morgan fingerprint density at radius 3 is 2.17 bits per heavy atom. The molecule has 0 atom stereocenters. The van der Waals surface area contributed by atoms with Crippen molar-refractivity contribution >= 4 is 11.9 Å². The van der Waals surface area contributed by atoms with Gasteiger partial charge in [0.25, 0.3) is 0 Å². The zero-order valence-corrected chi connectivity index (χ0v) is 10.1. The Labute approximate surface area is 105 Å². The summed E-state index contributed by atoms with van der Waals surface area (Å²) in [4.78, 5) is 11.6. The van der Waals surface area contributed by atoms with Gasteiger partial charge in [-0.15, -0.1) is 0 Å². The lowest BCUT2D eigenvalue weighted by molar-refractivity contribution is 0.296. The highest BCUT2D eigenvalue weighted by Crippen LogP contribution is 2.13. The minimum absolute atomic E-state index is 0.0995. The van der Waals surface area contributed by atoms with Crippen LogP contribution in [0, 0.1) is 0 Å². The topological polar surface area (TPSA) is 99.9 Å². The predicted octanol–water partition coefficient (Wildman–Crippen LogP) is 1.18. The molecule has 2 aromatic rings. The molecule has 0 saturated carbocycles. The van der Waals surface area contributed by atoms with E-state index in [1.807, 2.05) is 24.3 Å². The number of rotatable bonds is 4. The summed E-state index contributed by atoms with van der Waals surface area (Å²) in [5.74, 6) is 1.37. The lowest BCUT2D eigenvalue weighted by Gasteiger charge is -2.06. The van der Waals surface area contributed by atoms with Crippen LogP contribution >= 0.6 is 0 Å². The van der Waals surface area contributed by atoms with Crippen molar-refractivity contribution < 1.29 is 4.74 Å². The largest absolute Gasteiger partial charge is 0.486 e. The number of aryl methyl sites for hydroxylation is 1. The molecular formula is C12H15N5O. The molecule has 0 saturated heterocycles. The Morgan fingerprint density at radius 1 is 1.00 bits per heavy atom. The third-order valence-corrected chi connectivity index (χ3v) is 2.42. The van der Waals surface area contributed by atoms with Gasteiger partial charge in [-0.05, 0) is 24.1 Å². The Morgan fingerprint density at radius 2 is 1.61 bits per heavy atom. The molecule has 0 radical (unpaired) electrons. The van der Waals surface area contributed by atoms with Crippen LogP contribution in [0.3, 0.4) is 0 Å². The van der Waals surface area contributed by atoms with Gasteiger partial charge < -0.3 is 16.2 Å². The fourth-order valence-electron chi connectivity index (χ4n) is 1.49. The summed E-state index contributed by atoms with van der Waals surface area (Å²) in [6.45, 7) is 2.31. The second kappa shape index (κ2) is 5.31. The van der Waals surface area contributed by atoms with Gasteiger partial charge in [0.2, 0.25) is 11.9 Å². The van der Waals surface area contributed by atoms with E-state index < -0.39 is 0 Å². The van der Waals surface area contributed by atoms with Crippen molar-refractivity contribution in [1.82, 2.24) is 15.0 Å². The predicted molar refractivity (Wildman–Crippen MR) is 68.8 cm³/mol. The number of nitrogens with zero attached hydrogens (tertiary/aromatic N) is 3. The number of nitrogen functional groups attached to an aromatic ring is 2. The second-order valence-electron chi connectivity index (χ2n) is 3.75. The van der Waals surface area contributed by atoms with Crippen molar-refractivity contribution in [2.24, 2.45) is 0 Å². The van der Waals surface area contributed by atoms with E-state index in [2.05, 4.69) is 21.9 Å². The smallest absolute Gasteiger partial charge is 0.225 e. The first kappa shape index (κ1) is 12.1. The van der Waals surface area contributed by atoms with E-state index in [0.29, 0.717) is 5.82 Å². The Kier molecular flexibility index (Phi) is 3.57. The fraction of sp³-hybridized carbons (Fsp3) is 0.250. The van der Waals surface area contributed by atoms with Crippen molar-refractivity contribution in [3.63, 3.8) is 0 Å². The number of nitrogens with two attached hydrogens (primary N) is 2. The molecule has 94 valence electrons. The van der Waals surface area contributed by atoms with Crippen molar-refractivity contribution in [3.8, 4) is 5.75 Å². The molecule has 0 aliphatic heterocycles. The molecule has 1 aromatic heterocycles. The molecule has 0 unspecified atom stereocenters. The molecule has 4 N–H and O–H groups in total. The minimum Gasteiger partial charge on any atom is -0.486 e. The molecule has 0 amide bonds. The summed E-state index contributed by atoms with van der Waals surface area (Å²) in [6.07, 6.45) is 1.00.